The number of anilines is 1. The van der Waals surface area contributed by atoms with Crippen molar-refractivity contribution in [3.8, 4) is 0 Å². The molecule has 1 aromatic heterocycles. The highest BCUT2D eigenvalue weighted by Gasteiger charge is 2.19. The molecule has 19 heavy (non-hydrogen) atoms. The van der Waals surface area contributed by atoms with Crippen molar-refractivity contribution in [3.63, 3.8) is 0 Å². The van der Waals surface area contributed by atoms with Crippen LogP contribution in [-0.2, 0) is 6.42 Å². The van der Waals surface area contributed by atoms with Gasteiger partial charge in [0.25, 0.3) is 5.91 Å². The van der Waals surface area contributed by atoms with Crippen LogP contribution >= 0.6 is 0 Å². The molecule has 0 unspecified atom stereocenters. The van der Waals surface area contributed by atoms with Crippen molar-refractivity contribution >= 4 is 11.6 Å². The molecule has 1 heterocycles. The highest BCUT2D eigenvalue weighted by Crippen LogP contribution is 2.18. The van der Waals surface area contributed by atoms with Gasteiger partial charge in [-0.1, -0.05) is 5.16 Å². The van der Waals surface area contributed by atoms with Crippen molar-refractivity contribution < 1.29 is 18.1 Å². The van der Waals surface area contributed by atoms with E-state index in [0.29, 0.717) is 5.82 Å². The maximum Gasteiger partial charge on any atom is 0.257 e. The fourth-order valence-corrected chi connectivity index (χ4v) is 1.46. The lowest BCUT2D eigenvalue weighted by atomic mass is 10.1. The molecule has 0 bridgehead atoms. The molecular weight excluding hydrogens is 258 g/mol. The zero-order valence-electron chi connectivity index (χ0n) is 9.69. The van der Waals surface area contributed by atoms with E-state index in [4.69, 9.17) is 5.73 Å². The second-order valence-electron chi connectivity index (χ2n) is 3.68. The minimum Gasteiger partial charge on any atom is -0.396 e. The highest BCUT2D eigenvalue weighted by atomic mass is 19.1. The number of hydrogen-bond donors (Lipinski definition) is 2. The summed E-state index contributed by atoms with van der Waals surface area (Å²) in [6, 6.07) is 1.99. The normalized spacial score (nSPS) is 10.4. The standard InChI is InChI=1S/C11H10F2N4O2/c12-6-1-2-7(14)10(13)9(6)11(18)15-4-3-8-16-5-19-17-8/h1-2,5H,3-4,14H2,(H,15,18). The van der Waals surface area contributed by atoms with Crippen LogP contribution in [0, 0.1) is 11.6 Å². The fourth-order valence-electron chi connectivity index (χ4n) is 1.46. The van der Waals surface area contributed by atoms with Crippen LogP contribution in [0.3, 0.4) is 0 Å². The van der Waals surface area contributed by atoms with Gasteiger partial charge in [0.1, 0.15) is 11.4 Å². The van der Waals surface area contributed by atoms with Gasteiger partial charge in [-0.15, -0.1) is 0 Å². The van der Waals surface area contributed by atoms with Crippen LogP contribution in [0.5, 0.6) is 0 Å². The molecule has 0 aliphatic rings. The molecule has 1 aromatic carbocycles. The predicted octanol–water partition coefficient (Wildman–Crippen LogP) is 0.903. The Morgan fingerprint density at radius 2 is 2.21 bits per heavy atom. The molecule has 6 nitrogen and oxygen atoms in total. The summed E-state index contributed by atoms with van der Waals surface area (Å²) < 4.78 is 31.4. The smallest absolute Gasteiger partial charge is 0.257 e. The molecule has 0 saturated carbocycles. The third-order valence-electron chi connectivity index (χ3n) is 2.39. The highest BCUT2D eigenvalue weighted by molar-refractivity contribution is 5.95. The molecule has 8 heteroatoms. The Kier molecular flexibility index (Phi) is 3.69. The molecule has 0 fully saturated rings. The van der Waals surface area contributed by atoms with Gasteiger partial charge in [-0.2, -0.15) is 4.98 Å². The Bertz CT molecular complexity index is 587. The summed E-state index contributed by atoms with van der Waals surface area (Å²) in [5.41, 5.74) is 4.29. The number of hydrogen-bond acceptors (Lipinski definition) is 5. The molecule has 0 radical (unpaired) electrons. The summed E-state index contributed by atoms with van der Waals surface area (Å²) in [6.45, 7) is 0.117. The van der Waals surface area contributed by atoms with Gasteiger partial charge in [0, 0.05) is 13.0 Å². The molecule has 100 valence electrons. The zero-order valence-corrected chi connectivity index (χ0v) is 9.69. The van der Waals surface area contributed by atoms with Gasteiger partial charge >= 0.3 is 0 Å². The van der Waals surface area contributed by atoms with Gasteiger partial charge in [0.15, 0.2) is 11.6 Å². The van der Waals surface area contributed by atoms with E-state index < -0.39 is 23.1 Å². The molecule has 0 spiro atoms. The zero-order chi connectivity index (χ0) is 13.8. The Morgan fingerprint density at radius 1 is 1.42 bits per heavy atom. The average molecular weight is 268 g/mol. The SMILES string of the molecule is Nc1ccc(F)c(C(=O)NCCc2ncon2)c1F. The van der Waals surface area contributed by atoms with E-state index in [1.807, 2.05) is 0 Å². The summed E-state index contributed by atoms with van der Waals surface area (Å²) in [7, 11) is 0. The lowest BCUT2D eigenvalue weighted by molar-refractivity contribution is 0.0945. The van der Waals surface area contributed by atoms with Gasteiger partial charge in [-0.25, -0.2) is 8.78 Å². The van der Waals surface area contributed by atoms with Gasteiger partial charge in [0.05, 0.1) is 5.69 Å². The third-order valence-corrected chi connectivity index (χ3v) is 2.39. The number of nitrogens with zero attached hydrogens (tertiary/aromatic N) is 2. The monoisotopic (exact) mass is 268 g/mol. The second-order valence-corrected chi connectivity index (χ2v) is 3.68. The lowest BCUT2D eigenvalue weighted by Gasteiger charge is -2.07. The molecule has 0 atom stereocenters. The van der Waals surface area contributed by atoms with Gasteiger partial charge in [-0.05, 0) is 12.1 Å². The summed E-state index contributed by atoms with van der Waals surface area (Å²) in [6.07, 6.45) is 1.43. The number of carbonyl (C=O) groups is 1. The van der Waals surface area contributed by atoms with Crippen molar-refractivity contribution in [2.45, 2.75) is 6.42 Å². The molecule has 0 aliphatic carbocycles. The number of halogens is 2. The van der Waals surface area contributed by atoms with Gasteiger partial charge < -0.3 is 15.6 Å². The third kappa shape index (κ3) is 2.84. The topological polar surface area (TPSA) is 94.0 Å². The van der Waals surface area contributed by atoms with Gasteiger partial charge in [0.2, 0.25) is 6.39 Å². The van der Waals surface area contributed by atoms with E-state index in [1.54, 1.807) is 0 Å². The van der Waals surface area contributed by atoms with Crippen LogP contribution in [0.15, 0.2) is 23.0 Å². The number of benzene rings is 1. The van der Waals surface area contributed by atoms with E-state index in [2.05, 4.69) is 20.0 Å². The minimum atomic E-state index is -1.07. The Hall–Kier alpha value is -2.51. The quantitative estimate of drug-likeness (QED) is 0.803. The lowest BCUT2D eigenvalue weighted by Crippen LogP contribution is -2.28. The first-order chi connectivity index (χ1) is 9.09. The molecule has 0 aliphatic heterocycles. The molecular formula is C11H10F2N4O2. The van der Waals surface area contributed by atoms with Crippen molar-refractivity contribution in [1.82, 2.24) is 15.5 Å². The second kappa shape index (κ2) is 5.42. The summed E-state index contributed by atoms with van der Waals surface area (Å²) in [5.74, 6) is -2.54. The average Bonchev–Trinajstić information content (AvgIpc) is 2.87. The van der Waals surface area contributed by atoms with Crippen molar-refractivity contribution in [2.24, 2.45) is 0 Å². The van der Waals surface area contributed by atoms with Crippen LogP contribution in [0.2, 0.25) is 0 Å². The summed E-state index contributed by atoms with van der Waals surface area (Å²) >= 11 is 0. The first-order valence-electron chi connectivity index (χ1n) is 5.36. The number of nitrogens with one attached hydrogen (secondary N) is 1. The number of aromatic nitrogens is 2. The summed E-state index contributed by atoms with van der Waals surface area (Å²) in [5, 5.41) is 5.88. The van der Waals surface area contributed by atoms with Crippen LogP contribution in [0.25, 0.3) is 0 Å². The maximum atomic E-state index is 13.5. The number of amides is 1. The van der Waals surface area contributed by atoms with Crippen LogP contribution < -0.4 is 11.1 Å². The number of nitrogens with two attached hydrogens (primary N) is 1. The molecule has 3 N–H and O–H groups in total. The predicted molar refractivity (Wildman–Crippen MR) is 61.1 cm³/mol. The fraction of sp³-hybridized carbons (Fsp3) is 0.182. The molecule has 0 saturated heterocycles. The van der Waals surface area contributed by atoms with Gasteiger partial charge in [-0.3, -0.25) is 4.79 Å². The number of carbonyl (C=O) groups excluding carboxylic acids is 1. The molecule has 1 amide bonds. The number of rotatable bonds is 4. The van der Waals surface area contributed by atoms with Crippen LogP contribution in [-0.4, -0.2) is 22.6 Å². The van der Waals surface area contributed by atoms with Crippen molar-refractivity contribution in [1.29, 1.82) is 0 Å². The number of nitrogen functional groups attached to an aromatic ring is 1. The summed E-state index contributed by atoms with van der Waals surface area (Å²) in [4.78, 5) is 15.4. The van der Waals surface area contributed by atoms with Crippen LogP contribution in [0.4, 0.5) is 14.5 Å². The first kappa shape index (κ1) is 12.9. The Labute approximate surface area is 106 Å². The van der Waals surface area contributed by atoms with E-state index in [1.165, 1.54) is 0 Å². The minimum absolute atomic E-state index is 0.117. The molecule has 2 rings (SSSR count). The van der Waals surface area contributed by atoms with Crippen LogP contribution in [0.1, 0.15) is 16.2 Å². The van der Waals surface area contributed by atoms with E-state index in [0.717, 1.165) is 18.5 Å². The Morgan fingerprint density at radius 3 is 2.89 bits per heavy atom. The van der Waals surface area contributed by atoms with Crippen molar-refractivity contribution in [3.05, 3.63) is 41.5 Å². The van der Waals surface area contributed by atoms with E-state index in [9.17, 15) is 13.6 Å². The maximum absolute atomic E-state index is 13.5. The van der Waals surface area contributed by atoms with E-state index >= 15 is 0 Å². The van der Waals surface area contributed by atoms with E-state index in [-0.39, 0.29) is 18.7 Å². The van der Waals surface area contributed by atoms with Crippen molar-refractivity contribution in [2.75, 3.05) is 12.3 Å². The first-order valence-corrected chi connectivity index (χ1v) is 5.36. The largest absolute Gasteiger partial charge is 0.396 e. The molecule has 2 aromatic rings. The Balaban J connectivity index is 2.02.